The van der Waals surface area contributed by atoms with Crippen molar-refractivity contribution in [1.29, 1.82) is 0 Å². The van der Waals surface area contributed by atoms with E-state index in [2.05, 4.69) is 15.5 Å². The fourth-order valence-corrected chi connectivity index (χ4v) is 3.99. The van der Waals surface area contributed by atoms with E-state index in [0.29, 0.717) is 24.3 Å². The van der Waals surface area contributed by atoms with Crippen LogP contribution in [0.5, 0.6) is 0 Å². The van der Waals surface area contributed by atoms with Crippen molar-refractivity contribution in [2.45, 2.75) is 6.92 Å². The number of nitrogens with zero attached hydrogens (tertiary/aromatic N) is 2. The van der Waals surface area contributed by atoms with Crippen molar-refractivity contribution < 1.29 is 14.0 Å². The van der Waals surface area contributed by atoms with Crippen LogP contribution in [0.2, 0.25) is 0 Å². The number of hydrogen-bond donors (Lipinski definition) is 2. The SMILES string of the molecule is Cc1ccc(C(=O)N2CCN(c3ccc(NC(=S)NC(=O)c4ccccc4F)cc3)CC2)cc1. The van der Waals surface area contributed by atoms with Crippen molar-refractivity contribution in [2.75, 3.05) is 36.4 Å². The molecule has 0 aromatic heterocycles. The highest BCUT2D eigenvalue weighted by Crippen LogP contribution is 2.20. The first-order valence-electron chi connectivity index (χ1n) is 11.0. The largest absolute Gasteiger partial charge is 0.368 e. The highest BCUT2D eigenvalue weighted by molar-refractivity contribution is 7.80. The maximum Gasteiger partial charge on any atom is 0.260 e. The Bertz CT molecular complexity index is 1190. The van der Waals surface area contributed by atoms with Gasteiger partial charge in [0.2, 0.25) is 0 Å². The van der Waals surface area contributed by atoms with Gasteiger partial charge in [0.25, 0.3) is 11.8 Å². The van der Waals surface area contributed by atoms with Crippen LogP contribution in [0.3, 0.4) is 0 Å². The van der Waals surface area contributed by atoms with Crippen molar-refractivity contribution in [3.8, 4) is 0 Å². The normalized spacial score (nSPS) is 13.4. The number of benzene rings is 3. The van der Waals surface area contributed by atoms with E-state index in [-0.39, 0.29) is 16.6 Å². The van der Waals surface area contributed by atoms with Gasteiger partial charge in [-0.1, -0.05) is 29.8 Å². The molecule has 1 fully saturated rings. The van der Waals surface area contributed by atoms with Crippen LogP contribution in [-0.4, -0.2) is 48.0 Å². The van der Waals surface area contributed by atoms with E-state index in [9.17, 15) is 14.0 Å². The Balaban J connectivity index is 1.29. The Morgan fingerprint density at radius 2 is 1.53 bits per heavy atom. The topological polar surface area (TPSA) is 64.7 Å². The molecule has 6 nitrogen and oxygen atoms in total. The molecule has 0 aliphatic carbocycles. The number of amides is 2. The summed E-state index contributed by atoms with van der Waals surface area (Å²) < 4.78 is 13.8. The lowest BCUT2D eigenvalue weighted by Gasteiger charge is -2.36. The zero-order valence-corrected chi connectivity index (χ0v) is 19.6. The number of halogens is 1. The number of carbonyl (C=O) groups excluding carboxylic acids is 2. The van der Waals surface area contributed by atoms with Crippen LogP contribution in [0, 0.1) is 12.7 Å². The van der Waals surface area contributed by atoms with Gasteiger partial charge in [0.05, 0.1) is 5.56 Å². The minimum Gasteiger partial charge on any atom is -0.368 e. The van der Waals surface area contributed by atoms with Gasteiger partial charge in [-0.25, -0.2) is 4.39 Å². The average Bonchev–Trinajstić information content (AvgIpc) is 2.85. The first kappa shape index (κ1) is 23.4. The predicted molar refractivity (Wildman–Crippen MR) is 136 cm³/mol. The van der Waals surface area contributed by atoms with Gasteiger partial charge >= 0.3 is 0 Å². The number of piperazine rings is 1. The summed E-state index contributed by atoms with van der Waals surface area (Å²) in [5.74, 6) is -1.15. The molecule has 0 atom stereocenters. The van der Waals surface area contributed by atoms with Crippen LogP contribution in [0.25, 0.3) is 0 Å². The molecule has 1 saturated heterocycles. The number of rotatable bonds is 4. The third-order valence-electron chi connectivity index (χ3n) is 5.70. The van der Waals surface area contributed by atoms with Crippen LogP contribution in [-0.2, 0) is 0 Å². The lowest BCUT2D eigenvalue weighted by atomic mass is 10.1. The Morgan fingerprint density at radius 3 is 2.18 bits per heavy atom. The Kier molecular flexibility index (Phi) is 7.18. The summed E-state index contributed by atoms with van der Waals surface area (Å²) in [5, 5.41) is 5.52. The minimum absolute atomic E-state index is 0.0603. The number of thiocarbonyl (C=S) groups is 1. The number of anilines is 2. The van der Waals surface area contributed by atoms with Crippen molar-refractivity contribution in [1.82, 2.24) is 10.2 Å². The zero-order chi connectivity index (χ0) is 24.1. The van der Waals surface area contributed by atoms with Gasteiger partial charge in [0.15, 0.2) is 5.11 Å². The predicted octanol–water partition coefficient (Wildman–Crippen LogP) is 4.22. The minimum atomic E-state index is -0.606. The molecule has 174 valence electrons. The first-order chi connectivity index (χ1) is 16.4. The second-order valence-corrected chi connectivity index (χ2v) is 8.49. The Labute approximate surface area is 203 Å². The lowest BCUT2D eigenvalue weighted by molar-refractivity contribution is 0.0746. The van der Waals surface area contributed by atoms with Crippen molar-refractivity contribution in [2.24, 2.45) is 0 Å². The molecule has 0 spiro atoms. The molecule has 0 bridgehead atoms. The lowest BCUT2D eigenvalue weighted by Crippen LogP contribution is -2.48. The van der Waals surface area contributed by atoms with Crippen LogP contribution in [0.1, 0.15) is 26.3 Å². The average molecular weight is 477 g/mol. The van der Waals surface area contributed by atoms with Gasteiger partial charge in [-0.05, 0) is 67.7 Å². The van der Waals surface area contributed by atoms with Gasteiger partial charge < -0.3 is 15.1 Å². The van der Waals surface area contributed by atoms with Crippen molar-refractivity contribution >= 4 is 40.5 Å². The molecule has 0 unspecified atom stereocenters. The molecule has 8 heteroatoms. The van der Waals surface area contributed by atoms with Crippen LogP contribution in [0.4, 0.5) is 15.8 Å². The van der Waals surface area contributed by atoms with Gasteiger partial charge in [-0.2, -0.15) is 0 Å². The van der Waals surface area contributed by atoms with Gasteiger partial charge in [-0.3, -0.25) is 14.9 Å². The molecular formula is C26H25FN4O2S. The summed E-state index contributed by atoms with van der Waals surface area (Å²) in [7, 11) is 0. The number of aryl methyl sites for hydroxylation is 1. The van der Waals surface area contributed by atoms with Gasteiger partial charge in [0, 0.05) is 43.1 Å². The van der Waals surface area contributed by atoms with Crippen molar-refractivity contribution in [3.05, 3.63) is 95.3 Å². The molecule has 0 radical (unpaired) electrons. The number of nitrogens with one attached hydrogen (secondary N) is 2. The summed E-state index contributed by atoms with van der Waals surface area (Å²) in [4.78, 5) is 29.0. The quantitative estimate of drug-likeness (QED) is 0.552. The molecule has 1 aliphatic heterocycles. The molecule has 2 amide bonds. The maximum absolute atomic E-state index is 13.8. The van der Waals surface area contributed by atoms with E-state index in [1.807, 2.05) is 60.4 Å². The summed E-state index contributed by atoms with van der Waals surface area (Å²) in [6.07, 6.45) is 0. The van der Waals surface area contributed by atoms with Crippen LogP contribution < -0.4 is 15.5 Å². The van der Waals surface area contributed by atoms with Crippen molar-refractivity contribution in [3.63, 3.8) is 0 Å². The fraction of sp³-hybridized carbons (Fsp3) is 0.192. The van der Waals surface area contributed by atoms with E-state index < -0.39 is 11.7 Å². The molecule has 3 aromatic carbocycles. The van der Waals surface area contributed by atoms with E-state index >= 15 is 0 Å². The summed E-state index contributed by atoms with van der Waals surface area (Å²) in [6, 6.07) is 21.0. The number of hydrogen-bond acceptors (Lipinski definition) is 4. The highest BCUT2D eigenvalue weighted by Gasteiger charge is 2.22. The third kappa shape index (κ3) is 5.58. The molecule has 1 heterocycles. The molecule has 34 heavy (non-hydrogen) atoms. The van der Waals surface area contributed by atoms with Crippen LogP contribution >= 0.6 is 12.2 Å². The molecule has 2 N–H and O–H groups in total. The monoisotopic (exact) mass is 476 g/mol. The standard InChI is InChI=1S/C26H25FN4O2S/c1-18-6-8-19(9-7-18)25(33)31-16-14-30(15-17-31)21-12-10-20(11-13-21)28-26(34)29-24(32)22-4-2-3-5-23(22)27/h2-13H,14-17H2,1H3,(H2,28,29,32,34). The zero-order valence-electron chi connectivity index (χ0n) is 18.8. The second kappa shape index (κ2) is 10.4. The van der Waals surface area contributed by atoms with E-state index in [4.69, 9.17) is 12.2 Å². The van der Waals surface area contributed by atoms with Crippen LogP contribution in [0.15, 0.2) is 72.8 Å². The van der Waals surface area contributed by atoms with E-state index in [1.165, 1.54) is 18.2 Å². The smallest absolute Gasteiger partial charge is 0.260 e. The Hall–Kier alpha value is -3.78. The molecule has 1 aliphatic rings. The molecular weight excluding hydrogens is 451 g/mol. The third-order valence-corrected chi connectivity index (χ3v) is 5.91. The van der Waals surface area contributed by atoms with Gasteiger partial charge in [0.1, 0.15) is 5.82 Å². The van der Waals surface area contributed by atoms with E-state index in [1.54, 1.807) is 6.07 Å². The second-order valence-electron chi connectivity index (χ2n) is 8.08. The molecule has 0 saturated carbocycles. The summed E-state index contributed by atoms with van der Waals surface area (Å²) >= 11 is 5.18. The highest BCUT2D eigenvalue weighted by atomic mass is 32.1. The molecule has 4 rings (SSSR count). The summed E-state index contributed by atoms with van der Waals surface area (Å²) in [5.41, 5.74) is 3.52. The number of carbonyl (C=O) groups is 2. The fourth-order valence-electron chi connectivity index (χ4n) is 3.78. The van der Waals surface area contributed by atoms with E-state index in [0.717, 1.165) is 24.3 Å². The van der Waals surface area contributed by atoms with Gasteiger partial charge in [-0.15, -0.1) is 0 Å². The summed E-state index contributed by atoms with van der Waals surface area (Å²) in [6.45, 7) is 4.78. The Morgan fingerprint density at radius 1 is 0.882 bits per heavy atom. The molecule has 3 aromatic rings. The first-order valence-corrected chi connectivity index (χ1v) is 11.4. The maximum atomic E-state index is 13.8.